The second-order valence-electron chi connectivity index (χ2n) is 4.20. The zero-order valence-electron chi connectivity index (χ0n) is 8.90. The van der Waals surface area contributed by atoms with Crippen LogP contribution in [0.3, 0.4) is 0 Å². The fourth-order valence-electron chi connectivity index (χ4n) is 0.925. The summed E-state index contributed by atoms with van der Waals surface area (Å²) in [5.41, 5.74) is -8.68. The van der Waals surface area contributed by atoms with Crippen molar-refractivity contribution in [2.45, 2.75) is 44.7 Å². The lowest BCUT2D eigenvalue weighted by molar-refractivity contribution is -0.369. The molecule has 0 heterocycles. The topological polar surface area (TPSA) is 0 Å². The molecule has 17 heavy (non-hydrogen) atoms. The van der Waals surface area contributed by atoms with Gasteiger partial charge < -0.3 is 0 Å². The van der Waals surface area contributed by atoms with E-state index in [1.54, 1.807) is 0 Å². The van der Waals surface area contributed by atoms with E-state index in [4.69, 9.17) is 0 Å². The molecule has 0 rings (SSSR count). The van der Waals surface area contributed by atoms with E-state index in [1.807, 2.05) is 0 Å². The summed E-state index contributed by atoms with van der Waals surface area (Å²) in [6, 6.07) is 0. The first kappa shape index (κ1) is 16.4. The number of hydrogen-bond acceptors (Lipinski definition) is 0. The zero-order valence-corrected chi connectivity index (χ0v) is 8.90. The molecular formula is C8H9F9. The second-order valence-corrected chi connectivity index (χ2v) is 4.20. The Balaban J connectivity index is 5.73. The first-order chi connectivity index (χ1) is 7.00. The molecule has 0 saturated carbocycles. The maximum atomic E-state index is 13.4. The van der Waals surface area contributed by atoms with E-state index >= 15 is 0 Å². The highest BCUT2D eigenvalue weighted by Gasteiger charge is 2.78. The summed E-state index contributed by atoms with van der Waals surface area (Å²) < 4.78 is 112. The van der Waals surface area contributed by atoms with Crippen LogP contribution < -0.4 is 0 Å². The van der Waals surface area contributed by atoms with Gasteiger partial charge in [-0.05, 0) is 20.8 Å². The highest BCUT2D eigenvalue weighted by molar-refractivity contribution is 5.06. The minimum atomic E-state index is -6.40. The average molecular weight is 276 g/mol. The van der Waals surface area contributed by atoms with Crippen LogP contribution in [-0.2, 0) is 0 Å². The predicted octanol–water partition coefficient (Wildman–Crippen LogP) is 4.50. The minimum absolute atomic E-state index is 0.0490. The zero-order chi connectivity index (χ0) is 14.5. The molecule has 1 unspecified atom stereocenters. The van der Waals surface area contributed by atoms with Gasteiger partial charge in [-0.3, -0.25) is 0 Å². The lowest BCUT2D eigenvalue weighted by atomic mass is 9.72. The van der Waals surface area contributed by atoms with Crippen molar-refractivity contribution in [3.8, 4) is 0 Å². The molecule has 0 radical (unpaired) electrons. The Morgan fingerprint density at radius 3 is 1.00 bits per heavy atom. The molecule has 0 amide bonds. The molecule has 0 aliphatic rings. The summed E-state index contributed by atoms with van der Waals surface area (Å²) in [6.07, 6.45) is -12.0. The van der Waals surface area contributed by atoms with Gasteiger partial charge in [-0.2, -0.15) is 35.1 Å². The third-order valence-electron chi connectivity index (χ3n) is 2.83. The lowest BCUT2D eigenvalue weighted by Gasteiger charge is -2.43. The van der Waals surface area contributed by atoms with Gasteiger partial charge in [0.2, 0.25) is 0 Å². The van der Waals surface area contributed by atoms with Gasteiger partial charge in [0.1, 0.15) is 5.41 Å². The molecule has 0 bridgehead atoms. The van der Waals surface area contributed by atoms with E-state index in [9.17, 15) is 39.5 Å². The number of rotatable bonds is 2. The summed E-state index contributed by atoms with van der Waals surface area (Å²) in [6.45, 7) is -0.507. The van der Waals surface area contributed by atoms with Crippen LogP contribution in [0.1, 0.15) is 20.8 Å². The van der Waals surface area contributed by atoms with E-state index in [-0.39, 0.29) is 13.8 Å². The molecular weight excluding hydrogens is 267 g/mol. The van der Waals surface area contributed by atoms with Gasteiger partial charge in [0, 0.05) is 0 Å². The molecule has 9 heteroatoms. The molecule has 0 aromatic heterocycles. The Morgan fingerprint density at radius 2 is 0.824 bits per heavy atom. The van der Waals surface area contributed by atoms with E-state index in [2.05, 4.69) is 0 Å². The quantitative estimate of drug-likeness (QED) is 0.651. The SMILES string of the molecule is CC(C)(C(F)(F)F)C(C)(F)C(F)(F)C(F)(F)F. The molecule has 104 valence electrons. The summed E-state index contributed by atoms with van der Waals surface area (Å²) in [5, 5.41) is 0. The average Bonchev–Trinajstić information content (AvgIpc) is 1.98. The smallest absolute Gasteiger partial charge is 0.236 e. The molecule has 0 spiro atoms. The van der Waals surface area contributed by atoms with Crippen LogP contribution in [0.4, 0.5) is 39.5 Å². The molecule has 0 aliphatic heterocycles. The van der Waals surface area contributed by atoms with Gasteiger partial charge in [0.15, 0.2) is 5.67 Å². The Morgan fingerprint density at radius 1 is 0.529 bits per heavy atom. The van der Waals surface area contributed by atoms with Crippen LogP contribution in [0.5, 0.6) is 0 Å². The van der Waals surface area contributed by atoms with Crippen molar-refractivity contribution >= 4 is 0 Å². The summed E-state index contributed by atoms with van der Waals surface area (Å²) >= 11 is 0. The number of hydrogen-bond donors (Lipinski definition) is 0. The third-order valence-corrected chi connectivity index (χ3v) is 2.83. The van der Waals surface area contributed by atoms with Gasteiger partial charge in [-0.1, -0.05) is 0 Å². The Labute approximate surface area is 90.8 Å². The van der Waals surface area contributed by atoms with Gasteiger partial charge in [0.25, 0.3) is 0 Å². The Bertz CT molecular complexity index is 252. The third kappa shape index (κ3) is 2.20. The molecule has 0 aromatic rings. The van der Waals surface area contributed by atoms with Crippen molar-refractivity contribution in [3.05, 3.63) is 0 Å². The maximum absolute atomic E-state index is 13.4. The van der Waals surface area contributed by atoms with Crippen LogP contribution in [0.15, 0.2) is 0 Å². The first-order valence-corrected chi connectivity index (χ1v) is 4.20. The van der Waals surface area contributed by atoms with Crippen LogP contribution >= 0.6 is 0 Å². The largest absolute Gasteiger partial charge is 0.456 e. The predicted molar refractivity (Wildman–Crippen MR) is 40.4 cm³/mol. The maximum Gasteiger partial charge on any atom is 0.456 e. The van der Waals surface area contributed by atoms with Crippen LogP contribution in [0, 0.1) is 5.41 Å². The van der Waals surface area contributed by atoms with Crippen molar-refractivity contribution in [2.24, 2.45) is 5.41 Å². The fourth-order valence-corrected chi connectivity index (χ4v) is 0.925. The van der Waals surface area contributed by atoms with Gasteiger partial charge >= 0.3 is 18.3 Å². The Kier molecular flexibility index (Phi) is 3.54. The van der Waals surface area contributed by atoms with Crippen molar-refractivity contribution in [1.29, 1.82) is 0 Å². The normalized spacial score (nSPS) is 19.1. The molecule has 0 saturated heterocycles. The van der Waals surface area contributed by atoms with E-state index < -0.39 is 36.3 Å². The van der Waals surface area contributed by atoms with E-state index in [1.165, 1.54) is 0 Å². The monoisotopic (exact) mass is 276 g/mol. The molecule has 0 fully saturated rings. The van der Waals surface area contributed by atoms with Crippen molar-refractivity contribution in [3.63, 3.8) is 0 Å². The van der Waals surface area contributed by atoms with Gasteiger partial charge in [0.05, 0.1) is 0 Å². The number of alkyl halides is 9. The molecule has 0 nitrogen and oxygen atoms in total. The summed E-state index contributed by atoms with van der Waals surface area (Å²) in [4.78, 5) is 0. The van der Waals surface area contributed by atoms with Gasteiger partial charge in [-0.15, -0.1) is 0 Å². The summed E-state index contributed by atoms with van der Waals surface area (Å²) in [5.74, 6) is -6.11. The van der Waals surface area contributed by atoms with Crippen LogP contribution in [-0.4, -0.2) is 23.9 Å². The summed E-state index contributed by atoms with van der Waals surface area (Å²) in [7, 11) is 0. The minimum Gasteiger partial charge on any atom is -0.236 e. The highest BCUT2D eigenvalue weighted by atomic mass is 19.4. The van der Waals surface area contributed by atoms with E-state index in [0.29, 0.717) is 0 Å². The second kappa shape index (κ2) is 3.68. The molecule has 1 atom stereocenters. The fraction of sp³-hybridized carbons (Fsp3) is 1.00. The van der Waals surface area contributed by atoms with Crippen LogP contribution in [0.25, 0.3) is 0 Å². The highest BCUT2D eigenvalue weighted by Crippen LogP contribution is 2.58. The number of halogens is 9. The standard InChI is InChI=1S/C8H9F9/c1-4(2,7(12,13)14)5(3,9)6(10,11)8(15,16)17/h1-3H3. The molecule has 0 aliphatic carbocycles. The first-order valence-electron chi connectivity index (χ1n) is 4.20. The Hall–Kier alpha value is -0.630. The van der Waals surface area contributed by atoms with Crippen molar-refractivity contribution in [1.82, 2.24) is 0 Å². The lowest BCUT2D eigenvalue weighted by Crippen LogP contribution is -2.63. The van der Waals surface area contributed by atoms with Gasteiger partial charge in [-0.25, -0.2) is 4.39 Å². The molecule has 0 N–H and O–H groups in total. The molecule has 0 aromatic carbocycles. The van der Waals surface area contributed by atoms with E-state index in [0.717, 1.165) is 0 Å². The van der Waals surface area contributed by atoms with Crippen molar-refractivity contribution < 1.29 is 39.5 Å². The van der Waals surface area contributed by atoms with Crippen LogP contribution in [0.2, 0.25) is 0 Å². The van der Waals surface area contributed by atoms with Crippen molar-refractivity contribution in [2.75, 3.05) is 0 Å².